The van der Waals surface area contributed by atoms with Crippen LogP contribution in [-0.2, 0) is 9.53 Å². The molecule has 0 radical (unpaired) electrons. The molecule has 1 aliphatic heterocycles. The molecular weight excluding hydrogens is 150 g/mol. The molecule has 1 aliphatic rings. The van der Waals surface area contributed by atoms with Gasteiger partial charge in [0.15, 0.2) is 0 Å². The maximum atomic E-state index is 10.7. The van der Waals surface area contributed by atoms with E-state index in [1.165, 1.54) is 12.0 Å². The lowest BCUT2D eigenvalue weighted by atomic mass is 10.0. The molecule has 0 aliphatic carbocycles. The Morgan fingerprint density at radius 2 is 2.09 bits per heavy atom. The third-order valence-electron chi connectivity index (χ3n) is 1.66. The zero-order valence-corrected chi connectivity index (χ0v) is 6.11. The number of carbonyl (C=O) groups is 2. The topological polar surface area (TPSA) is 66.8 Å². The van der Waals surface area contributed by atoms with E-state index in [1.807, 2.05) is 0 Å². The lowest BCUT2D eigenvalue weighted by Crippen LogP contribution is -2.52. The number of hydrogen-bond acceptors (Lipinski definition) is 3. The third kappa shape index (κ3) is 1.42. The number of carbonyl (C=O) groups excluding carboxylic acids is 1. The third-order valence-corrected chi connectivity index (χ3v) is 1.66. The average Bonchev–Trinajstić information content (AvgIpc) is 1.83. The summed E-state index contributed by atoms with van der Waals surface area (Å²) in [5.41, 5.74) is 0. The highest BCUT2D eigenvalue weighted by atomic mass is 16.5. The minimum atomic E-state index is -0.856. The van der Waals surface area contributed by atoms with E-state index < -0.39 is 18.0 Å². The smallest absolute Gasteiger partial charge is 0.409 e. The van der Waals surface area contributed by atoms with Crippen molar-refractivity contribution < 1.29 is 19.4 Å². The molecule has 1 heterocycles. The summed E-state index contributed by atoms with van der Waals surface area (Å²) in [5.74, 6) is -1.26. The Hall–Kier alpha value is -1.26. The number of likely N-dealkylation sites (tertiary alicyclic amines) is 1. The van der Waals surface area contributed by atoms with Gasteiger partial charge in [0.25, 0.3) is 0 Å². The number of rotatable bonds is 1. The standard InChI is InChI=1S/C6H9NO4/c1-11-6(10)7-2-4(3-7)5(8)9/h4H,2-3H2,1H3,(H,8,9). The molecule has 1 saturated heterocycles. The van der Waals surface area contributed by atoms with Gasteiger partial charge in [0.2, 0.25) is 0 Å². The molecule has 0 aromatic carbocycles. The molecule has 0 bridgehead atoms. The molecule has 5 nitrogen and oxygen atoms in total. The van der Waals surface area contributed by atoms with Crippen molar-refractivity contribution in [2.75, 3.05) is 20.2 Å². The normalized spacial score (nSPS) is 17.4. The number of methoxy groups -OCH3 is 1. The molecule has 1 fully saturated rings. The second kappa shape index (κ2) is 2.77. The fourth-order valence-electron chi connectivity index (χ4n) is 0.913. The van der Waals surface area contributed by atoms with Crippen LogP contribution >= 0.6 is 0 Å². The van der Waals surface area contributed by atoms with Crippen molar-refractivity contribution >= 4 is 12.1 Å². The summed E-state index contributed by atoms with van der Waals surface area (Å²) in [6.45, 7) is 0.532. The first-order chi connectivity index (χ1) is 5.15. The van der Waals surface area contributed by atoms with E-state index in [9.17, 15) is 9.59 Å². The zero-order valence-electron chi connectivity index (χ0n) is 6.11. The van der Waals surface area contributed by atoms with Crippen LogP contribution in [-0.4, -0.2) is 42.3 Å². The Kier molecular flexibility index (Phi) is 1.98. The number of carboxylic acids is 1. The second-order valence-electron chi connectivity index (χ2n) is 2.41. The van der Waals surface area contributed by atoms with Gasteiger partial charge in [-0.05, 0) is 0 Å². The average molecular weight is 159 g/mol. The lowest BCUT2D eigenvalue weighted by Gasteiger charge is -2.34. The van der Waals surface area contributed by atoms with Crippen LogP contribution in [0, 0.1) is 5.92 Å². The molecule has 0 unspecified atom stereocenters. The van der Waals surface area contributed by atoms with Gasteiger partial charge < -0.3 is 14.7 Å². The predicted molar refractivity (Wildman–Crippen MR) is 35.1 cm³/mol. The number of hydrogen-bond donors (Lipinski definition) is 1. The lowest BCUT2D eigenvalue weighted by molar-refractivity contribution is -0.146. The van der Waals surface area contributed by atoms with E-state index in [1.54, 1.807) is 0 Å². The minimum absolute atomic E-state index is 0.266. The highest BCUT2D eigenvalue weighted by Gasteiger charge is 2.35. The van der Waals surface area contributed by atoms with E-state index in [0.717, 1.165) is 0 Å². The van der Waals surface area contributed by atoms with E-state index in [-0.39, 0.29) is 13.1 Å². The van der Waals surface area contributed by atoms with Crippen molar-refractivity contribution in [3.8, 4) is 0 Å². The summed E-state index contributed by atoms with van der Waals surface area (Å²) < 4.78 is 4.38. The van der Waals surface area contributed by atoms with E-state index in [4.69, 9.17) is 5.11 Å². The second-order valence-corrected chi connectivity index (χ2v) is 2.41. The number of ether oxygens (including phenoxy) is 1. The first-order valence-electron chi connectivity index (χ1n) is 3.21. The largest absolute Gasteiger partial charge is 0.481 e. The van der Waals surface area contributed by atoms with E-state index in [0.29, 0.717) is 0 Å². The molecule has 5 heteroatoms. The summed E-state index contributed by atoms with van der Waals surface area (Å²) in [7, 11) is 1.27. The first-order valence-corrected chi connectivity index (χ1v) is 3.21. The molecule has 62 valence electrons. The van der Waals surface area contributed by atoms with Gasteiger partial charge in [-0.25, -0.2) is 4.79 Å². The Labute approximate surface area is 63.5 Å². The molecule has 0 spiro atoms. The van der Waals surface area contributed by atoms with Gasteiger partial charge in [0.1, 0.15) is 0 Å². The van der Waals surface area contributed by atoms with Crippen molar-refractivity contribution in [3.63, 3.8) is 0 Å². The Morgan fingerprint density at radius 1 is 1.55 bits per heavy atom. The van der Waals surface area contributed by atoms with Crippen molar-refractivity contribution in [2.45, 2.75) is 0 Å². The van der Waals surface area contributed by atoms with Crippen molar-refractivity contribution in [1.82, 2.24) is 4.90 Å². The van der Waals surface area contributed by atoms with Crippen molar-refractivity contribution in [2.24, 2.45) is 5.92 Å². The van der Waals surface area contributed by atoms with Crippen LogP contribution in [0.5, 0.6) is 0 Å². The predicted octanol–water partition coefficient (Wildman–Crippen LogP) is -0.231. The van der Waals surface area contributed by atoms with Gasteiger partial charge in [-0.3, -0.25) is 4.79 Å². The van der Waals surface area contributed by atoms with E-state index in [2.05, 4.69) is 4.74 Å². The van der Waals surface area contributed by atoms with Crippen LogP contribution in [0.4, 0.5) is 4.79 Å². The Morgan fingerprint density at radius 3 is 2.45 bits per heavy atom. The van der Waals surface area contributed by atoms with Gasteiger partial charge >= 0.3 is 12.1 Å². The van der Waals surface area contributed by atoms with Gasteiger partial charge in [-0.15, -0.1) is 0 Å². The molecule has 1 N–H and O–H groups in total. The first kappa shape index (κ1) is 7.84. The Bertz CT molecular complexity index is 185. The summed E-state index contributed by atoms with van der Waals surface area (Å²) >= 11 is 0. The fourth-order valence-corrected chi connectivity index (χ4v) is 0.913. The maximum absolute atomic E-state index is 10.7. The minimum Gasteiger partial charge on any atom is -0.481 e. The molecule has 0 aromatic heterocycles. The fraction of sp³-hybridized carbons (Fsp3) is 0.667. The highest BCUT2D eigenvalue weighted by molar-refractivity contribution is 5.76. The van der Waals surface area contributed by atoms with Crippen molar-refractivity contribution in [3.05, 3.63) is 0 Å². The number of aliphatic carboxylic acids is 1. The molecule has 1 rings (SSSR count). The van der Waals surface area contributed by atoms with Crippen LogP contribution in [0.2, 0.25) is 0 Å². The summed E-state index contributed by atoms with van der Waals surface area (Å²) in [5, 5.41) is 8.43. The summed E-state index contributed by atoms with van der Waals surface area (Å²) in [6.07, 6.45) is -0.456. The molecule has 11 heavy (non-hydrogen) atoms. The van der Waals surface area contributed by atoms with Crippen LogP contribution in [0.25, 0.3) is 0 Å². The van der Waals surface area contributed by atoms with Crippen LogP contribution in [0.3, 0.4) is 0 Å². The number of carboxylic acid groups (broad SMARTS) is 1. The number of amides is 1. The van der Waals surface area contributed by atoms with Crippen molar-refractivity contribution in [1.29, 1.82) is 0 Å². The maximum Gasteiger partial charge on any atom is 0.409 e. The highest BCUT2D eigenvalue weighted by Crippen LogP contribution is 2.15. The molecule has 0 atom stereocenters. The summed E-state index contributed by atoms with van der Waals surface area (Å²) in [6, 6.07) is 0. The van der Waals surface area contributed by atoms with Gasteiger partial charge in [-0.1, -0.05) is 0 Å². The molecule has 1 amide bonds. The molecule has 0 aromatic rings. The van der Waals surface area contributed by atoms with Gasteiger partial charge in [0.05, 0.1) is 13.0 Å². The zero-order chi connectivity index (χ0) is 8.43. The molecular formula is C6H9NO4. The molecule has 0 saturated carbocycles. The van der Waals surface area contributed by atoms with Crippen LogP contribution in [0.1, 0.15) is 0 Å². The summed E-state index contributed by atoms with van der Waals surface area (Å²) in [4.78, 5) is 22.3. The quantitative estimate of drug-likeness (QED) is 0.573. The Balaban J connectivity index is 2.29. The number of nitrogens with zero attached hydrogens (tertiary/aromatic N) is 1. The van der Waals surface area contributed by atoms with Crippen LogP contribution < -0.4 is 0 Å². The van der Waals surface area contributed by atoms with Gasteiger partial charge in [-0.2, -0.15) is 0 Å². The SMILES string of the molecule is COC(=O)N1CC(C(=O)O)C1. The van der Waals surface area contributed by atoms with E-state index >= 15 is 0 Å². The monoisotopic (exact) mass is 159 g/mol. The van der Waals surface area contributed by atoms with Crippen LogP contribution in [0.15, 0.2) is 0 Å². The van der Waals surface area contributed by atoms with Gasteiger partial charge in [0, 0.05) is 13.1 Å².